The van der Waals surface area contributed by atoms with E-state index in [4.69, 9.17) is 4.98 Å². The van der Waals surface area contributed by atoms with Crippen LogP contribution in [-0.2, 0) is 12.8 Å². The van der Waals surface area contributed by atoms with Crippen LogP contribution >= 0.6 is 23.1 Å². The molecule has 2 aliphatic rings. The fourth-order valence-corrected chi connectivity index (χ4v) is 5.73. The van der Waals surface area contributed by atoms with Crippen LogP contribution in [-0.4, -0.2) is 34.6 Å². The van der Waals surface area contributed by atoms with E-state index in [2.05, 4.69) is 16.1 Å². The Kier molecular flexibility index (Phi) is 3.79. The second-order valence-corrected chi connectivity index (χ2v) is 8.03. The molecule has 3 heterocycles. The van der Waals surface area contributed by atoms with Gasteiger partial charge in [0.25, 0.3) is 0 Å². The molecule has 3 nitrogen and oxygen atoms in total. The summed E-state index contributed by atoms with van der Waals surface area (Å²) < 4.78 is 0. The van der Waals surface area contributed by atoms with Gasteiger partial charge in [0, 0.05) is 23.2 Å². The van der Waals surface area contributed by atoms with Gasteiger partial charge in [-0.25, -0.2) is 9.97 Å². The zero-order valence-corrected chi connectivity index (χ0v) is 14.1. The van der Waals surface area contributed by atoms with Crippen molar-refractivity contribution in [1.82, 2.24) is 9.97 Å². The number of hydrogen-bond donors (Lipinski definition) is 0. The second kappa shape index (κ2) is 5.76. The molecule has 0 spiro atoms. The molecule has 1 aliphatic heterocycles. The molecule has 4 rings (SSSR count). The van der Waals surface area contributed by atoms with E-state index in [0.29, 0.717) is 6.04 Å². The van der Waals surface area contributed by atoms with Crippen molar-refractivity contribution in [3.05, 3.63) is 16.8 Å². The molecule has 0 bridgehead atoms. The number of nitrogens with zero attached hydrogens (tertiary/aromatic N) is 3. The van der Waals surface area contributed by atoms with Crippen molar-refractivity contribution in [3.63, 3.8) is 0 Å². The number of hydrogen-bond acceptors (Lipinski definition) is 5. The second-order valence-electron chi connectivity index (χ2n) is 6.03. The Morgan fingerprint density at radius 2 is 2.19 bits per heavy atom. The van der Waals surface area contributed by atoms with Gasteiger partial charge in [-0.15, -0.1) is 11.3 Å². The minimum Gasteiger partial charge on any atom is -0.352 e. The Labute approximate surface area is 134 Å². The van der Waals surface area contributed by atoms with Gasteiger partial charge in [0.05, 0.1) is 5.39 Å². The number of anilines is 1. The van der Waals surface area contributed by atoms with Gasteiger partial charge < -0.3 is 4.90 Å². The number of aryl methyl sites for hydroxylation is 2. The summed E-state index contributed by atoms with van der Waals surface area (Å²) >= 11 is 3.86. The quantitative estimate of drug-likeness (QED) is 0.858. The molecular weight excluding hydrogens is 298 g/mol. The van der Waals surface area contributed by atoms with Gasteiger partial charge in [-0.1, -0.05) is 0 Å². The molecule has 0 aromatic carbocycles. The van der Waals surface area contributed by atoms with Gasteiger partial charge in [0.2, 0.25) is 0 Å². The molecule has 1 fully saturated rings. The summed E-state index contributed by atoms with van der Waals surface area (Å²) in [5, 5.41) is 1.38. The first-order chi connectivity index (χ1) is 10.4. The van der Waals surface area contributed by atoms with Crippen LogP contribution in [0.4, 0.5) is 5.82 Å². The third-order valence-electron chi connectivity index (χ3n) is 4.74. The van der Waals surface area contributed by atoms with E-state index >= 15 is 0 Å². The molecule has 1 aliphatic carbocycles. The third kappa shape index (κ3) is 2.34. The van der Waals surface area contributed by atoms with Crippen LogP contribution in [0.1, 0.15) is 36.1 Å². The standard InChI is InChI=1S/C16H21N3S2/c1-20-9-11-5-4-8-19(11)15-14-12-6-2-3-7-13(12)21-16(14)18-10-17-15/h10-11H,2-9H2,1H3. The molecule has 5 heteroatoms. The van der Waals surface area contributed by atoms with Crippen LogP contribution in [0.3, 0.4) is 0 Å². The van der Waals surface area contributed by atoms with Crippen molar-refractivity contribution in [1.29, 1.82) is 0 Å². The summed E-state index contributed by atoms with van der Waals surface area (Å²) in [6, 6.07) is 0.650. The fourth-order valence-electron chi connectivity index (χ4n) is 3.77. The predicted octanol–water partition coefficient (Wildman–Crippen LogP) is 3.90. The average molecular weight is 319 g/mol. The van der Waals surface area contributed by atoms with Crippen molar-refractivity contribution in [2.24, 2.45) is 0 Å². The topological polar surface area (TPSA) is 29.0 Å². The van der Waals surface area contributed by atoms with Gasteiger partial charge in [-0.3, -0.25) is 0 Å². The van der Waals surface area contributed by atoms with E-state index in [1.807, 2.05) is 23.1 Å². The first-order valence-corrected chi connectivity index (χ1v) is 10.1. The lowest BCUT2D eigenvalue weighted by Gasteiger charge is -2.26. The van der Waals surface area contributed by atoms with Gasteiger partial charge in [-0.2, -0.15) is 11.8 Å². The molecule has 1 saturated heterocycles. The maximum Gasteiger partial charge on any atom is 0.141 e. The number of aromatic nitrogens is 2. The lowest BCUT2D eigenvalue weighted by Crippen LogP contribution is -2.32. The Bertz CT molecular complexity index is 652. The highest BCUT2D eigenvalue weighted by Crippen LogP contribution is 2.40. The molecule has 2 aromatic heterocycles. The Morgan fingerprint density at radius 3 is 3.10 bits per heavy atom. The Morgan fingerprint density at radius 1 is 1.29 bits per heavy atom. The molecular formula is C16H21N3S2. The van der Waals surface area contributed by atoms with Gasteiger partial charge in [0.1, 0.15) is 17.0 Å². The third-order valence-corrected chi connectivity index (χ3v) is 6.66. The predicted molar refractivity (Wildman–Crippen MR) is 92.8 cm³/mol. The van der Waals surface area contributed by atoms with E-state index < -0.39 is 0 Å². The summed E-state index contributed by atoms with van der Waals surface area (Å²) in [4.78, 5) is 14.6. The molecule has 112 valence electrons. The molecule has 0 N–H and O–H groups in total. The molecule has 1 atom stereocenters. The van der Waals surface area contributed by atoms with Crippen molar-refractivity contribution in [3.8, 4) is 0 Å². The summed E-state index contributed by atoms with van der Waals surface area (Å²) in [6.07, 6.45) is 11.7. The van der Waals surface area contributed by atoms with Crippen molar-refractivity contribution in [2.75, 3.05) is 23.5 Å². The van der Waals surface area contributed by atoms with Gasteiger partial charge >= 0.3 is 0 Å². The first kappa shape index (κ1) is 13.8. The lowest BCUT2D eigenvalue weighted by atomic mass is 9.97. The van der Waals surface area contributed by atoms with E-state index in [9.17, 15) is 0 Å². The highest BCUT2D eigenvalue weighted by molar-refractivity contribution is 7.98. The van der Waals surface area contributed by atoms with E-state index in [-0.39, 0.29) is 0 Å². The van der Waals surface area contributed by atoms with Crippen molar-refractivity contribution in [2.45, 2.75) is 44.6 Å². The zero-order valence-electron chi connectivity index (χ0n) is 12.5. The van der Waals surface area contributed by atoms with Gasteiger partial charge in [0.15, 0.2) is 0 Å². The van der Waals surface area contributed by atoms with Crippen LogP contribution in [0.5, 0.6) is 0 Å². The summed E-state index contributed by atoms with van der Waals surface area (Å²) in [6.45, 7) is 1.15. The molecule has 2 aromatic rings. The van der Waals surface area contributed by atoms with Gasteiger partial charge in [-0.05, 0) is 50.3 Å². The average Bonchev–Trinajstić information content (AvgIpc) is 3.11. The van der Waals surface area contributed by atoms with Crippen LogP contribution < -0.4 is 4.90 Å². The fraction of sp³-hybridized carbons (Fsp3) is 0.625. The Balaban J connectivity index is 1.83. The minimum atomic E-state index is 0.650. The number of thioether (sulfide) groups is 1. The van der Waals surface area contributed by atoms with Crippen LogP contribution in [0, 0.1) is 0 Å². The highest BCUT2D eigenvalue weighted by Gasteiger charge is 2.29. The number of fused-ring (bicyclic) bond motifs is 3. The van der Waals surface area contributed by atoms with Crippen LogP contribution in [0.25, 0.3) is 10.2 Å². The highest BCUT2D eigenvalue weighted by atomic mass is 32.2. The lowest BCUT2D eigenvalue weighted by molar-refractivity contribution is 0.699. The van der Waals surface area contributed by atoms with Crippen LogP contribution in [0.15, 0.2) is 6.33 Å². The van der Waals surface area contributed by atoms with Crippen molar-refractivity contribution < 1.29 is 0 Å². The Hall–Kier alpha value is -0.810. The number of thiophene rings is 1. The summed E-state index contributed by atoms with van der Waals surface area (Å²) in [7, 11) is 0. The SMILES string of the molecule is CSCC1CCCN1c1ncnc2sc3c(c12)CCCC3. The van der Waals surface area contributed by atoms with Crippen molar-refractivity contribution >= 4 is 39.1 Å². The van der Waals surface area contributed by atoms with Crippen LogP contribution in [0.2, 0.25) is 0 Å². The number of rotatable bonds is 3. The summed E-state index contributed by atoms with van der Waals surface area (Å²) in [5.74, 6) is 2.42. The maximum atomic E-state index is 4.71. The van der Waals surface area contributed by atoms with E-state index in [1.165, 1.54) is 60.3 Å². The molecule has 0 saturated carbocycles. The molecule has 0 amide bonds. The smallest absolute Gasteiger partial charge is 0.141 e. The molecule has 0 radical (unpaired) electrons. The summed E-state index contributed by atoms with van der Waals surface area (Å²) in [5.41, 5.74) is 1.56. The molecule has 21 heavy (non-hydrogen) atoms. The van der Waals surface area contributed by atoms with E-state index in [0.717, 1.165) is 6.54 Å². The first-order valence-electron chi connectivity index (χ1n) is 7.89. The zero-order chi connectivity index (χ0) is 14.2. The molecule has 1 unspecified atom stereocenters. The largest absolute Gasteiger partial charge is 0.352 e. The maximum absolute atomic E-state index is 4.71. The normalized spacial score (nSPS) is 22.0. The minimum absolute atomic E-state index is 0.650. The monoisotopic (exact) mass is 319 g/mol. The van der Waals surface area contributed by atoms with E-state index in [1.54, 1.807) is 16.8 Å².